The summed E-state index contributed by atoms with van der Waals surface area (Å²) in [7, 11) is 0. The van der Waals surface area contributed by atoms with Gasteiger partial charge in [0.25, 0.3) is 5.91 Å². The third-order valence-corrected chi connectivity index (χ3v) is 7.42. The van der Waals surface area contributed by atoms with Crippen LogP contribution in [-0.2, 0) is 19.2 Å². The maximum atomic E-state index is 14.0. The molecule has 37 heavy (non-hydrogen) atoms. The number of aldehydes is 1. The molecule has 1 aliphatic heterocycles. The molecule has 2 bridgehead atoms. The van der Waals surface area contributed by atoms with E-state index in [1.807, 2.05) is 51.1 Å². The number of hydrogen-bond acceptors (Lipinski definition) is 5. The Hall–Kier alpha value is -3.75. The van der Waals surface area contributed by atoms with Crippen LogP contribution in [0.15, 0.2) is 42.5 Å². The number of aliphatic carboxylic acids is 1. The number of fused-ring (bicyclic) bond motifs is 3. The first kappa shape index (κ1) is 26.3. The van der Waals surface area contributed by atoms with Gasteiger partial charge in [-0.15, -0.1) is 0 Å². The molecule has 0 spiro atoms. The number of carboxylic acid groups (broad SMARTS) is 1. The zero-order valence-corrected chi connectivity index (χ0v) is 21.3. The van der Waals surface area contributed by atoms with Crippen molar-refractivity contribution in [3.8, 4) is 0 Å². The largest absolute Gasteiger partial charge is 0.481 e. The van der Waals surface area contributed by atoms with E-state index in [0.29, 0.717) is 18.3 Å². The van der Waals surface area contributed by atoms with Crippen LogP contribution in [-0.4, -0.2) is 64.2 Å². The summed E-state index contributed by atoms with van der Waals surface area (Å²) in [6.45, 7) is 5.58. The number of rotatable bonds is 8. The standard InChI is InChI=1S/C28H33N3O6/c1-28(2,3)24(30-25(35)21-10-6-8-16-7-4-5-9-20(16)21)27(37)31-19-12-11-17(13-19)23(31)26(36)29-18(15-32)14-22(33)34/h4-10,15,17-19,23-24H,11-14H2,1-3H3,(H,29,36)(H,30,35)(H,33,34)/t17-,18-,19?,23-,24+/m0/s1. The lowest BCUT2D eigenvalue weighted by molar-refractivity contribution is -0.147. The Labute approximate surface area is 215 Å². The fourth-order valence-corrected chi connectivity index (χ4v) is 5.66. The fraction of sp³-hybridized carbons (Fsp3) is 0.464. The molecule has 1 saturated heterocycles. The molecule has 2 aromatic rings. The van der Waals surface area contributed by atoms with E-state index in [2.05, 4.69) is 10.6 Å². The van der Waals surface area contributed by atoms with E-state index in [1.165, 1.54) is 0 Å². The van der Waals surface area contributed by atoms with Crippen LogP contribution in [0.25, 0.3) is 10.8 Å². The minimum absolute atomic E-state index is 0.0829. The number of piperidine rings is 1. The van der Waals surface area contributed by atoms with Crippen molar-refractivity contribution in [1.29, 1.82) is 0 Å². The van der Waals surface area contributed by atoms with Gasteiger partial charge >= 0.3 is 5.97 Å². The molecule has 1 heterocycles. The molecule has 9 nitrogen and oxygen atoms in total. The molecule has 0 aromatic heterocycles. The highest BCUT2D eigenvalue weighted by Gasteiger charge is 2.53. The smallest absolute Gasteiger partial charge is 0.305 e. The first-order valence-corrected chi connectivity index (χ1v) is 12.6. The molecule has 1 saturated carbocycles. The Bertz CT molecular complexity index is 1230. The van der Waals surface area contributed by atoms with Gasteiger partial charge in [0.1, 0.15) is 18.4 Å². The van der Waals surface area contributed by atoms with E-state index >= 15 is 0 Å². The van der Waals surface area contributed by atoms with Crippen LogP contribution >= 0.6 is 0 Å². The second-order valence-corrected chi connectivity index (χ2v) is 11.1. The molecule has 2 aromatic carbocycles. The number of amides is 3. The van der Waals surface area contributed by atoms with E-state index in [9.17, 15) is 24.0 Å². The monoisotopic (exact) mass is 507 g/mol. The van der Waals surface area contributed by atoms with Gasteiger partial charge in [-0.3, -0.25) is 19.2 Å². The first-order valence-electron chi connectivity index (χ1n) is 12.6. The highest BCUT2D eigenvalue weighted by atomic mass is 16.4. The molecular formula is C28H33N3O6. The van der Waals surface area contributed by atoms with E-state index in [-0.39, 0.29) is 23.8 Å². The number of carbonyl (C=O) groups excluding carboxylic acids is 4. The van der Waals surface area contributed by atoms with Crippen LogP contribution in [0.2, 0.25) is 0 Å². The van der Waals surface area contributed by atoms with Gasteiger partial charge in [-0.25, -0.2) is 0 Å². The van der Waals surface area contributed by atoms with Gasteiger partial charge in [0.2, 0.25) is 11.8 Å². The van der Waals surface area contributed by atoms with Gasteiger partial charge < -0.3 is 25.4 Å². The minimum atomic E-state index is -1.21. The van der Waals surface area contributed by atoms with Crippen LogP contribution in [0, 0.1) is 11.3 Å². The Balaban J connectivity index is 1.60. The SMILES string of the molecule is CC(C)(C)[C@H](NC(=O)c1cccc2ccccc12)C(=O)N1C2CC[C@@H](C2)[C@H]1C(=O)N[C@H](C=O)CC(=O)O. The molecule has 5 atom stereocenters. The molecule has 2 fully saturated rings. The van der Waals surface area contributed by atoms with Gasteiger partial charge in [0.15, 0.2) is 0 Å². The lowest BCUT2D eigenvalue weighted by atomic mass is 9.84. The summed E-state index contributed by atoms with van der Waals surface area (Å²) in [6, 6.07) is 9.90. The molecule has 9 heteroatoms. The van der Waals surface area contributed by atoms with Gasteiger partial charge in [0.05, 0.1) is 12.5 Å². The van der Waals surface area contributed by atoms with Crippen LogP contribution in [0.3, 0.4) is 0 Å². The summed E-state index contributed by atoms with van der Waals surface area (Å²) in [5.41, 5.74) is -0.200. The number of nitrogens with zero attached hydrogens (tertiary/aromatic N) is 1. The second kappa shape index (κ2) is 10.3. The zero-order valence-electron chi connectivity index (χ0n) is 21.3. The van der Waals surface area contributed by atoms with E-state index in [4.69, 9.17) is 5.11 Å². The predicted molar refractivity (Wildman–Crippen MR) is 137 cm³/mol. The van der Waals surface area contributed by atoms with Crippen LogP contribution in [0.5, 0.6) is 0 Å². The summed E-state index contributed by atoms with van der Waals surface area (Å²) in [5, 5.41) is 16.2. The Morgan fingerprint density at radius 1 is 1.05 bits per heavy atom. The molecule has 3 amide bonds. The number of likely N-dealkylation sites (tertiary alicyclic amines) is 1. The molecule has 1 unspecified atom stereocenters. The number of nitrogens with one attached hydrogen (secondary N) is 2. The highest BCUT2D eigenvalue weighted by Crippen LogP contribution is 2.43. The van der Waals surface area contributed by atoms with Crippen LogP contribution < -0.4 is 10.6 Å². The molecule has 0 radical (unpaired) electrons. The maximum Gasteiger partial charge on any atom is 0.305 e. The molecular weight excluding hydrogens is 474 g/mol. The zero-order chi connectivity index (χ0) is 26.9. The molecule has 196 valence electrons. The topological polar surface area (TPSA) is 133 Å². The summed E-state index contributed by atoms with van der Waals surface area (Å²) < 4.78 is 0. The lowest BCUT2D eigenvalue weighted by Crippen LogP contribution is -2.61. The Morgan fingerprint density at radius 3 is 2.43 bits per heavy atom. The summed E-state index contributed by atoms with van der Waals surface area (Å²) >= 11 is 0. The van der Waals surface area contributed by atoms with Crippen molar-refractivity contribution in [2.75, 3.05) is 0 Å². The summed E-state index contributed by atoms with van der Waals surface area (Å²) in [4.78, 5) is 64.7. The molecule has 1 aliphatic carbocycles. The second-order valence-electron chi connectivity index (χ2n) is 11.1. The lowest BCUT2D eigenvalue weighted by Gasteiger charge is -2.40. The number of hydrogen-bond donors (Lipinski definition) is 3. The highest BCUT2D eigenvalue weighted by molar-refractivity contribution is 6.08. The van der Waals surface area contributed by atoms with E-state index < -0.39 is 41.8 Å². The van der Waals surface area contributed by atoms with Crippen molar-refractivity contribution in [3.05, 3.63) is 48.0 Å². The van der Waals surface area contributed by atoms with Crippen molar-refractivity contribution in [2.24, 2.45) is 11.3 Å². The predicted octanol–water partition coefficient (Wildman–Crippen LogP) is 2.52. The van der Waals surface area contributed by atoms with E-state index in [1.54, 1.807) is 17.0 Å². The van der Waals surface area contributed by atoms with Gasteiger partial charge in [0, 0.05) is 11.6 Å². The van der Waals surface area contributed by atoms with Crippen molar-refractivity contribution >= 4 is 40.7 Å². The van der Waals surface area contributed by atoms with Crippen LogP contribution in [0.4, 0.5) is 0 Å². The normalized spacial score (nSPS) is 22.4. The number of carboxylic acids is 1. The number of carbonyl (C=O) groups is 5. The maximum absolute atomic E-state index is 14.0. The van der Waals surface area contributed by atoms with Gasteiger partial charge in [-0.1, -0.05) is 57.2 Å². The third-order valence-electron chi connectivity index (χ3n) is 7.42. The Morgan fingerprint density at radius 2 is 1.76 bits per heavy atom. The van der Waals surface area contributed by atoms with E-state index in [0.717, 1.165) is 23.6 Å². The summed E-state index contributed by atoms with van der Waals surface area (Å²) in [5.74, 6) is -2.55. The first-order chi connectivity index (χ1) is 17.5. The average Bonchev–Trinajstić information content (AvgIpc) is 3.47. The fourth-order valence-electron chi connectivity index (χ4n) is 5.66. The van der Waals surface area contributed by atoms with Crippen molar-refractivity contribution in [2.45, 2.75) is 70.6 Å². The Kier molecular flexibility index (Phi) is 7.34. The van der Waals surface area contributed by atoms with Crippen molar-refractivity contribution in [3.63, 3.8) is 0 Å². The quantitative estimate of drug-likeness (QED) is 0.471. The van der Waals surface area contributed by atoms with Gasteiger partial charge in [-0.2, -0.15) is 0 Å². The molecule has 4 rings (SSSR count). The minimum Gasteiger partial charge on any atom is -0.481 e. The van der Waals surface area contributed by atoms with Crippen molar-refractivity contribution < 1.29 is 29.1 Å². The van der Waals surface area contributed by atoms with Gasteiger partial charge in [-0.05, 0) is 47.4 Å². The van der Waals surface area contributed by atoms with Crippen LogP contribution in [0.1, 0.15) is 56.8 Å². The summed E-state index contributed by atoms with van der Waals surface area (Å²) in [6.07, 6.45) is 2.03. The molecule has 2 aliphatic rings. The average molecular weight is 508 g/mol. The molecule has 3 N–H and O–H groups in total. The third kappa shape index (κ3) is 5.35. The number of benzene rings is 2. The van der Waals surface area contributed by atoms with Crippen molar-refractivity contribution in [1.82, 2.24) is 15.5 Å².